The number of aromatic nitrogens is 3. The molecule has 7 aromatic carbocycles. The fourth-order valence-corrected chi connectivity index (χ4v) is 6.71. The van der Waals surface area contributed by atoms with Gasteiger partial charge < -0.3 is 0 Å². The molecule has 0 aliphatic rings. The predicted octanol–water partition coefficient (Wildman–Crippen LogP) is 11.4. The van der Waals surface area contributed by atoms with E-state index >= 15 is 0 Å². The minimum atomic E-state index is 0.698. The molecule has 9 rings (SSSR count). The molecule has 0 N–H and O–H groups in total. The summed E-state index contributed by atoms with van der Waals surface area (Å²) in [6.07, 6.45) is 0. The molecule has 9 aromatic rings. The Bertz CT molecular complexity index is 2570. The summed E-state index contributed by atoms with van der Waals surface area (Å²) in [5.74, 6) is 0.698. The van der Waals surface area contributed by atoms with Gasteiger partial charge in [0, 0.05) is 22.2 Å². The van der Waals surface area contributed by atoms with Crippen LogP contribution >= 0.6 is 0 Å². The summed E-state index contributed by atoms with van der Waals surface area (Å²) in [7, 11) is 0. The number of nitrogens with zero attached hydrogens (tertiary/aromatic N) is 3. The van der Waals surface area contributed by atoms with Crippen molar-refractivity contribution in [3.63, 3.8) is 0 Å². The summed E-state index contributed by atoms with van der Waals surface area (Å²) >= 11 is 0. The molecule has 0 bridgehead atoms. The van der Waals surface area contributed by atoms with E-state index in [1.54, 1.807) is 0 Å². The number of benzene rings is 7. The van der Waals surface area contributed by atoms with Crippen LogP contribution in [0.1, 0.15) is 0 Å². The van der Waals surface area contributed by atoms with Crippen molar-refractivity contribution in [2.75, 3.05) is 0 Å². The molecule has 0 aliphatic heterocycles. The van der Waals surface area contributed by atoms with Gasteiger partial charge in [0.2, 0.25) is 0 Å². The van der Waals surface area contributed by atoms with E-state index in [2.05, 4.69) is 168 Å². The topological polar surface area (TPSA) is 30.7 Å². The van der Waals surface area contributed by atoms with Gasteiger partial charge in [-0.3, -0.25) is 4.57 Å². The SMILES string of the molecule is c1ccc(-c2nc(-c3cccc(-c4cccc(-c5ccc6ccccc6c5)c4)c3)nc3c2c2ccccc2n3-c2ccccc2)cc1. The molecule has 2 heterocycles. The van der Waals surface area contributed by atoms with Crippen molar-refractivity contribution in [3.8, 4) is 50.6 Å². The Morgan fingerprint density at radius 1 is 0.383 bits per heavy atom. The van der Waals surface area contributed by atoms with Gasteiger partial charge in [-0.05, 0) is 69.4 Å². The van der Waals surface area contributed by atoms with E-state index in [9.17, 15) is 0 Å². The van der Waals surface area contributed by atoms with E-state index in [1.807, 2.05) is 12.1 Å². The van der Waals surface area contributed by atoms with Crippen LogP contribution in [0.2, 0.25) is 0 Å². The van der Waals surface area contributed by atoms with Gasteiger partial charge in [0.25, 0.3) is 0 Å². The molecule has 3 nitrogen and oxygen atoms in total. The van der Waals surface area contributed by atoms with E-state index in [4.69, 9.17) is 9.97 Å². The van der Waals surface area contributed by atoms with Crippen molar-refractivity contribution in [1.29, 1.82) is 0 Å². The molecule has 3 heteroatoms. The molecule has 47 heavy (non-hydrogen) atoms. The smallest absolute Gasteiger partial charge is 0.162 e. The average molecular weight is 600 g/mol. The van der Waals surface area contributed by atoms with Crippen LogP contribution in [0.5, 0.6) is 0 Å². The van der Waals surface area contributed by atoms with Crippen LogP contribution < -0.4 is 0 Å². The third kappa shape index (κ3) is 4.77. The summed E-state index contributed by atoms with van der Waals surface area (Å²) in [6, 6.07) is 62.0. The number of fused-ring (bicyclic) bond motifs is 4. The van der Waals surface area contributed by atoms with Gasteiger partial charge in [0.05, 0.1) is 16.6 Å². The van der Waals surface area contributed by atoms with E-state index < -0.39 is 0 Å². The summed E-state index contributed by atoms with van der Waals surface area (Å²) in [5.41, 5.74) is 10.7. The molecule has 0 radical (unpaired) electrons. The minimum absolute atomic E-state index is 0.698. The molecule has 0 fully saturated rings. The summed E-state index contributed by atoms with van der Waals surface area (Å²) in [5, 5.41) is 4.68. The van der Waals surface area contributed by atoms with Crippen LogP contribution in [-0.2, 0) is 0 Å². The molecule has 2 aromatic heterocycles. The number of para-hydroxylation sites is 2. The van der Waals surface area contributed by atoms with Crippen molar-refractivity contribution in [1.82, 2.24) is 14.5 Å². The zero-order valence-corrected chi connectivity index (χ0v) is 25.6. The van der Waals surface area contributed by atoms with Crippen LogP contribution in [0.4, 0.5) is 0 Å². The van der Waals surface area contributed by atoms with Crippen LogP contribution in [0, 0.1) is 0 Å². The summed E-state index contributed by atoms with van der Waals surface area (Å²) in [4.78, 5) is 10.6. The van der Waals surface area contributed by atoms with E-state index in [1.165, 1.54) is 21.9 Å². The second kappa shape index (κ2) is 11.2. The van der Waals surface area contributed by atoms with Gasteiger partial charge in [-0.1, -0.05) is 140 Å². The first-order valence-electron chi connectivity index (χ1n) is 15.9. The molecule has 0 atom stereocenters. The highest BCUT2D eigenvalue weighted by molar-refractivity contribution is 6.14. The van der Waals surface area contributed by atoms with E-state index in [0.29, 0.717) is 5.82 Å². The van der Waals surface area contributed by atoms with Crippen molar-refractivity contribution >= 4 is 32.7 Å². The largest absolute Gasteiger partial charge is 0.294 e. The van der Waals surface area contributed by atoms with Crippen LogP contribution in [0.25, 0.3) is 83.3 Å². The molecule has 0 saturated heterocycles. The second-order valence-corrected chi connectivity index (χ2v) is 11.9. The van der Waals surface area contributed by atoms with Crippen LogP contribution in [-0.4, -0.2) is 14.5 Å². The number of hydrogen-bond acceptors (Lipinski definition) is 2. The van der Waals surface area contributed by atoms with Crippen molar-refractivity contribution in [2.45, 2.75) is 0 Å². The lowest BCUT2D eigenvalue weighted by Gasteiger charge is -2.12. The van der Waals surface area contributed by atoms with E-state index in [0.717, 1.165) is 55.6 Å². The Labute approximate surface area is 273 Å². The highest BCUT2D eigenvalue weighted by Gasteiger charge is 2.20. The van der Waals surface area contributed by atoms with Gasteiger partial charge >= 0.3 is 0 Å². The Balaban J connectivity index is 1.23. The fourth-order valence-electron chi connectivity index (χ4n) is 6.71. The van der Waals surface area contributed by atoms with Gasteiger partial charge in [-0.15, -0.1) is 0 Å². The maximum Gasteiger partial charge on any atom is 0.162 e. The molecule has 0 amide bonds. The molecule has 0 aliphatic carbocycles. The van der Waals surface area contributed by atoms with Gasteiger partial charge in [0.15, 0.2) is 5.82 Å². The first-order valence-corrected chi connectivity index (χ1v) is 15.9. The van der Waals surface area contributed by atoms with Crippen molar-refractivity contribution in [3.05, 3.63) is 176 Å². The molecule has 0 unspecified atom stereocenters. The average Bonchev–Trinajstić information content (AvgIpc) is 3.49. The predicted molar refractivity (Wildman–Crippen MR) is 196 cm³/mol. The Kier molecular flexibility index (Phi) is 6.46. The normalized spacial score (nSPS) is 11.4. The quantitative estimate of drug-likeness (QED) is 0.197. The molecule has 0 spiro atoms. The molecule has 0 saturated carbocycles. The molecular weight excluding hydrogens is 571 g/mol. The second-order valence-electron chi connectivity index (χ2n) is 11.9. The highest BCUT2D eigenvalue weighted by atomic mass is 15.1. The third-order valence-corrected chi connectivity index (χ3v) is 8.98. The van der Waals surface area contributed by atoms with Gasteiger partial charge in [0.1, 0.15) is 5.65 Å². The van der Waals surface area contributed by atoms with E-state index in [-0.39, 0.29) is 0 Å². The Morgan fingerprint density at radius 3 is 1.72 bits per heavy atom. The van der Waals surface area contributed by atoms with Gasteiger partial charge in [-0.25, -0.2) is 9.97 Å². The van der Waals surface area contributed by atoms with Gasteiger partial charge in [-0.2, -0.15) is 0 Å². The fraction of sp³-hybridized carbons (Fsp3) is 0. The summed E-state index contributed by atoms with van der Waals surface area (Å²) in [6.45, 7) is 0. The summed E-state index contributed by atoms with van der Waals surface area (Å²) < 4.78 is 2.26. The maximum atomic E-state index is 5.33. The van der Waals surface area contributed by atoms with Crippen LogP contribution in [0.3, 0.4) is 0 Å². The lowest BCUT2D eigenvalue weighted by molar-refractivity contribution is 1.11. The lowest BCUT2D eigenvalue weighted by atomic mass is 9.96. The first-order chi connectivity index (χ1) is 23.3. The Hall–Kier alpha value is -6.32. The molecular formula is C44H29N3. The molecule has 220 valence electrons. The first kappa shape index (κ1) is 27.0. The lowest BCUT2D eigenvalue weighted by Crippen LogP contribution is -1.99. The highest BCUT2D eigenvalue weighted by Crippen LogP contribution is 2.38. The zero-order chi connectivity index (χ0) is 31.2. The zero-order valence-electron chi connectivity index (χ0n) is 25.6. The van der Waals surface area contributed by atoms with Crippen molar-refractivity contribution < 1.29 is 0 Å². The number of rotatable bonds is 5. The third-order valence-electron chi connectivity index (χ3n) is 8.98. The maximum absolute atomic E-state index is 5.33. The Morgan fingerprint density at radius 2 is 0.957 bits per heavy atom. The minimum Gasteiger partial charge on any atom is -0.294 e. The number of hydrogen-bond donors (Lipinski definition) is 0. The monoisotopic (exact) mass is 599 g/mol. The standard InChI is InChI=1S/C44H29N3/c1-3-14-31(15-4-1)42-41-39-23-9-10-24-40(39)47(38-21-5-2-6-22-38)44(41)46-43(45-42)37-20-12-19-35(29-37)33-17-11-18-34(28-33)36-26-25-30-13-7-8-16-32(30)27-36/h1-29H. The van der Waals surface area contributed by atoms with Crippen LogP contribution in [0.15, 0.2) is 176 Å². The van der Waals surface area contributed by atoms with Crippen molar-refractivity contribution in [2.24, 2.45) is 0 Å².